The van der Waals surface area contributed by atoms with Crippen molar-refractivity contribution in [2.24, 2.45) is 5.73 Å². The van der Waals surface area contributed by atoms with Gasteiger partial charge >= 0.3 is 7.82 Å². The van der Waals surface area contributed by atoms with Crippen molar-refractivity contribution in [2.45, 2.75) is 109 Å². The van der Waals surface area contributed by atoms with Gasteiger partial charge in [-0.15, -0.1) is 0 Å². The van der Waals surface area contributed by atoms with Crippen LogP contribution in [0.3, 0.4) is 0 Å². The van der Waals surface area contributed by atoms with Crippen molar-refractivity contribution in [3.63, 3.8) is 0 Å². The number of carbonyl (C=O) groups excluding carboxylic acids is 1. The molecule has 10 heteroatoms. The van der Waals surface area contributed by atoms with Gasteiger partial charge < -0.3 is 15.7 Å². The van der Waals surface area contributed by atoms with Crippen LogP contribution < -0.4 is 5.73 Å². The molecule has 5 N–H and O–H groups in total. The molecule has 0 saturated heterocycles. The minimum absolute atomic E-state index is 0.221. The second-order valence-electron chi connectivity index (χ2n) is 7.96. The van der Waals surface area contributed by atoms with Crippen molar-refractivity contribution in [2.75, 3.05) is 19.8 Å². The van der Waals surface area contributed by atoms with E-state index in [1.807, 2.05) is 0 Å². The van der Waals surface area contributed by atoms with E-state index in [-0.39, 0.29) is 18.7 Å². The topological polar surface area (TPSA) is 149 Å². The first-order chi connectivity index (χ1) is 14.9. The number of Topliss-reactive ketones (excluding diaryl/α,β-unsaturated/α-hetero) is 1. The molecule has 31 heavy (non-hydrogen) atoms. The van der Waals surface area contributed by atoms with Gasteiger partial charge in [0.1, 0.15) is 12.2 Å². The molecule has 0 radical (unpaired) electrons. The molecule has 0 heterocycles. The van der Waals surface area contributed by atoms with E-state index in [4.69, 9.17) is 20.6 Å². The number of phosphoric ester groups is 1. The number of hydrogen-bond donors (Lipinski definition) is 4. The minimum Gasteiger partial charge on any atom is -0.393 e. The molecule has 0 aromatic carbocycles. The Hall–Kier alpha value is -0.380. The van der Waals surface area contributed by atoms with E-state index in [9.17, 15) is 14.3 Å². The zero-order valence-electron chi connectivity index (χ0n) is 19.1. The summed E-state index contributed by atoms with van der Waals surface area (Å²) in [6.07, 6.45) is 13.4. The Kier molecular flexibility index (Phi) is 20.0. The van der Waals surface area contributed by atoms with Crippen LogP contribution in [-0.2, 0) is 23.3 Å². The van der Waals surface area contributed by atoms with Crippen LogP contribution in [0.15, 0.2) is 0 Å². The number of unbranched alkanes of at least 4 members (excludes halogenated alkanes) is 12. The zero-order chi connectivity index (χ0) is 23.4. The van der Waals surface area contributed by atoms with Crippen LogP contribution in [0.25, 0.3) is 0 Å². The van der Waals surface area contributed by atoms with Crippen molar-refractivity contribution >= 4 is 13.6 Å². The summed E-state index contributed by atoms with van der Waals surface area (Å²) in [4.78, 5) is 25.7. The third-order valence-corrected chi connectivity index (χ3v) is 6.13. The molecule has 0 aliphatic carbocycles. The fourth-order valence-corrected chi connectivity index (χ4v) is 4.14. The molecule has 0 fully saturated rings. The van der Waals surface area contributed by atoms with E-state index in [0.717, 1.165) is 19.3 Å². The summed E-state index contributed by atoms with van der Waals surface area (Å²) < 4.78 is 21.4. The van der Waals surface area contributed by atoms with Crippen LogP contribution in [0.4, 0.5) is 0 Å². The Morgan fingerprint density at radius 1 is 0.935 bits per heavy atom. The summed E-state index contributed by atoms with van der Waals surface area (Å²) in [5.41, 5.74) is 5.49. The zero-order valence-corrected chi connectivity index (χ0v) is 20.0. The van der Waals surface area contributed by atoms with E-state index >= 15 is 0 Å². The predicted molar refractivity (Wildman–Crippen MR) is 120 cm³/mol. The lowest BCUT2D eigenvalue weighted by Crippen LogP contribution is -2.32. The fraction of sp³-hybridized carbons (Fsp3) is 0.952. The van der Waals surface area contributed by atoms with Gasteiger partial charge in [0.05, 0.1) is 13.2 Å². The highest BCUT2D eigenvalue weighted by Gasteiger charge is 2.31. The van der Waals surface area contributed by atoms with Crippen LogP contribution in [0.1, 0.15) is 96.8 Å². The largest absolute Gasteiger partial charge is 0.473 e. The first kappa shape index (κ1) is 30.6. The summed E-state index contributed by atoms with van der Waals surface area (Å²) in [5.74, 6) is -0.347. The molecule has 0 amide bonds. The molecule has 0 rings (SSSR count). The highest BCUT2D eigenvalue weighted by molar-refractivity contribution is 7.47. The Balaban J connectivity index is 3.83. The summed E-state index contributed by atoms with van der Waals surface area (Å²) in [6.45, 7) is 0.792. The molecule has 0 saturated carbocycles. The summed E-state index contributed by atoms with van der Waals surface area (Å²) in [6, 6.07) is 0. The van der Waals surface area contributed by atoms with E-state index in [0.29, 0.717) is 6.42 Å². The van der Waals surface area contributed by atoms with Gasteiger partial charge in [-0.2, -0.15) is 0 Å². The van der Waals surface area contributed by atoms with E-state index in [1.54, 1.807) is 0 Å². The third-order valence-electron chi connectivity index (χ3n) is 5.14. The molecule has 0 aliphatic rings. The number of aliphatic hydroxyl groups excluding tert-OH is 1. The van der Waals surface area contributed by atoms with E-state index in [1.165, 1.54) is 57.8 Å². The number of rotatable bonds is 23. The maximum atomic E-state index is 12.2. The number of carbonyl (C=O) groups is 1. The van der Waals surface area contributed by atoms with Crippen LogP contribution >= 0.6 is 7.82 Å². The average Bonchev–Trinajstić information content (AvgIpc) is 2.75. The van der Waals surface area contributed by atoms with Crippen molar-refractivity contribution < 1.29 is 38.6 Å². The highest BCUT2D eigenvalue weighted by atomic mass is 31.2. The minimum atomic E-state index is -4.57. The van der Waals surface area contributed by atoms with Gasteiger partial charge in [0, 0.05) is 13.0 Å². The molecule has 0 spiro atoms. The van der Waals surface area contributed by atoms with Gasteiger partial charge in [0.25, 0.3) is 0 Å². The van der Waals surface area contributed by atoms with Gasteiger partial charge in [-0.25, -0.2) is 9.45 Å². The number of aliphatic hydroxyl groups is 1. The molecule has 186 valence electrons. The van der Waals surface area contributed by atoms with Gasteiger partial charge in [-0.3, -0.25) is 19.1 Å². The highest BCUT2D eigenvalue weighted by Crippen LogP contribution is 2.44. The molecule has 9 nitrogen and oxygen atoms in total. The van der Waals surface area contributed by atoms with Crippen LogP contribution in [0, 0.1) is 0 Å². The molecule has 0 bridgehead atoms. The van der Waals surface area contributed by atoms with E-state index < -0.39 is 33.2 Å². The lowest BCUT2D eigenvalue weighted by atomic mass is 10.0. The first-order valence-electron chi connectivity index (χ1n) is 11.7. The quantitative estimate of drug-likeness (QED) is 0.0741. The van der Waals surface area contributed by atoms with Gasteiger partial charge in [-0.1, -0.05) is 84.0 Å². The Morgan fingerprint density at radius 3 is 1.84 bits per heavy atom. The second kappa shape index (κ2) is 20.2. The lowest BCUT2D eigenvalue weighted by molar-refractivity contribution is -0.289. The number of ketones is 1. The lowest BCUT2D eigenvalue weighted by Gasteiger charge is -2.20. The monoisotopic (exact) mass is 469 g/mol. The van der Waals surface area contributed by atoms with Crippen LogP contribution in [0.2, 0.25) is 0 Å². The number of hydrogen-bond acceptors (Lipinski definition) is 8. The molecular formula is C21H44NO8P. The predicted octanol–water partition coefficient (Wildman–Crippen LogP) is 4.35. The van der Waals surface area contributed by atoms with Gasteiger partial charge in [0.15, 0.2) is 5.78 Å². The third kappa shape index (κ3) is 17.8. The first-order valence-corrected chi connectivity index (χ1v) is 13.2. The second-order valence-corrected chi connectivity index (χ2v) is 9.37. The summed E-state index contributed by atoms with van der Waals surface area (Å²) >= 11 is 0. The van der Waals surface area contributed by atoms with Crippen LogP contribution in [0.5, 0.6) is 0 Å². The smallest absolute Gasteiger partial charge is 0.393 e. The summed E-state index contributed by atoms with van der Waals surface area (Å²) in [7, 11) is -4.57. The number of nitrogens with two attached hydrogens (primary N) is 1. The Bertz CT molecular complexity index is 476. The maximum absolute atomic E-state index is 12.2. The van der Waals surface area contributed by atoms with Gasteiger partial charge in [0.2, 0.25) is 0 Å². The Morgan fingerprint density at radius 2 is 1.42 bits per heavy atom. The summed E-state index contributed by atoms with van der Waals surface area (Å²) in [5, 5.41) is 17.3. The van der Waals surface area contributed by atoms with Crippen molar-refractivity contribution in [3.05, 3.63) is 0 Å². The van der Waals surface area contributed by atoms with Crippen LogP contribution in [-0.4, -0.2) is 53.0 Å². The molecule has 0 aromatic rings. The van der Waals surface area contributed by atoms with Gasteiger partial charge in [-0.05, 0) is 6.42 Å². The standard InChI is InChI=1S/C21H44NO8P/c1-2-3-4-5-6-7-8-9-10-11-12-13-14-15-20(24)21(16-22)30-31(26,27)28-18-19(17-23)29-25/h19,21,23,25H,2-18,22H2,1H3,(H,26,27)/t19-,21?/m1/s1. The SMILES string of the molecule is CCCCCCCCCCCCCCCC(=O)C(CN)OP(=O)(O)OC[C@@H](CO)OO. The van der Waals surface area contributed by atoms with Crippen molar-refractivity contribution in [1.82, 2.24) is 0 Å². The average molecular weight is 470 g/mol. The normalized spacial score (nSPS) is 15.5. The molecule has 3 atom stereocenters. The number of phosphoric acid groups is 1. The maximum Gasteiger partial charge on any atom is 0.473 e. The fourth-order valence-electron chi connectivity index (χ4n) is 3.20. The Labute approximate surface area is 187 Å². The van der Waals surface area contributed by atoms with Crippen molar-refractivity contribution in [1.29, 1.82) is 0 Å². The molecular weight excluding hydrogens is 425 g/mol. The molecule has 0 aliphatic heterocycles. The molecule has 2 unspecified atom stereocenters. The van der Waals surface area contributed by atoms with E-state index in [2.05, 4.69) is 16.3 Å². The molecule has 0 aromatic heterocycles. The van der Waals surface area contributed by atoms with Crippen molar-refractivity contribution in [3.8, 4) is 0 Å².